The number of carbonyl (C=O) groups excluding carboxylic acids is 3. The third-order valence-electron chi connectivity index (χ3n) is 5.48. The summed E-state index contributed by atoms with van der Waals surface area (Å²) in [6, 6.07) is 15.3. The van der Waals surface area contributed by atoms with Crippen LogP contribution in [-0.2, 0) is 9.59 Å². The van der Waals surface area contributed by atoms with Gasteiger partial charge in [-0.15, -0.1) is 6.58 Å². The molecule has 0 unspecified atom stereocenters. The van der Waals surface area contributed by atoms with Gasteiger partial charge in [0.25, 0.3) is 0 Å². The second kappa shape index (κ2) is 11.2. The molecule has 8 heteroatoms. The van der Waals surface area contributed by atoms with E-state index in [1.165, 1.54) is 11.8 Å². The monoisotopic (exact) mass is 449 g/mol. The quantitative estimate of drug-likeness (QED) is 0.635. The molecule has 0 bridgehead atoms. The summed E-state index contributed by atoms with van der Waals surface area (Å²) in [7, 11) is 0. The van der Waals surface area contributed by atoms with E-state index in [0.29, 0.717) is 25.3 Å². The Morgan fingerprint density at radius 1 is 1.00 bits per heavy atom. The van der Waals surface area contributed by atoms with Crippen molar-refractivity contribution in [1.29, 1.82) is 0 Å². The molecule has 8 nitrogen and oxygen atoms in total. The summed E-state index contributed by atoms with van der Waals surface area (Å²) in [6.07, 6.45) is 1.59. The molecular formula is C25H31N5O3. The van der Waals surface area contributed by atoms with Gasteiger partial charge in [0.1, 0.15) is 6.54 Å². The molecule has 1 aliphatic rings. The SMILES string of the molecule is C=CCN(CC(=O)Nc1ccc(N2CCN(C(=O)Nc3cccc(C)c3)CC2)cc1)C(C)=O. The average Bonchev–Trinajstić information content (AvgIpc) is 2.79. The Bertz CT molecular complexity index is 997. The van der Waals surface area contributed by atoms with Gasteiger partial charge in [-0.05, 0) is 48.9 Å². The van der Waals surface area contributed by atoms with Gasteiger partial charge < -0.3 is 25.3 Å². The van der Waals surface area contributed by atoms with Crippen LogP contribution in [0, 0.1) is 6.92 Å². The summed E-state index contributed by atoms with van der Waals surface area (Å²) in [6.45, 7) is 10.0. The number of aryl methyl sites for hydroxylation is 1. The topological polar surface area (TPSA) is 85.0 Å². The molecule has 0 spiro atoms. The van der Waals surface area contributed by atoms with Crippen LogP contribution in [0.3, 0.4) is 0 Å². The van der Waals surface area contributed by atoms with Crippen molar-refractivity contribution in [3.63, 3.8) is 0 Å². The lowest BCUT2D eigenvalue weighted by molar-refractivity contribution is -0.132. The Morgan fingerprint density at radius 2 is 1.70 bits per heavy atom. The molecule has 0 radical (unpaired) electrons. The number of piperazine rings is 1. The number of hydrogen-bond donors (Lipinski definition) is 2. The zero-order valence-corrected chi connectivity index (χ0v) is 19.2. The van der Waals surface area contributed by atoms with Gasteiger partial charge in [-0.3, -0.25) is 9.59 Å². The molecule has 1 saturated heterocycles. The van der Waals surface area contributed by atoms with Crippen LogP contribution >= 0.6 is 0 Å². The number of amides is 4. The maximum atomic E-state index is 12.6. The highest BCUT2D eigenvalue weighted by Gasteiger charge is 2.21. The first-order valence-corrected chi connectivity index (χ1v) is 11.0. The summed E-state index contributed by atoms with van der Waals surface area (Å²) >= 11 is 0. The maximum absolute atomic E-state index is 12.6. The van der Waals surface area contributed by atoms with Crippen molar-refractivity contribution in [2.24, 2.45) is 0 Å². The molecular weight excluding hydrogens is 418 g/mol. The number of rotatable bonds is 7. The number of urea groups is 1. The van der Waals surface area contributed by atoms with Gasteiger partial charge in [0.2, 0.25) is 11.8 Å². The molecule has 0 atom stereocenters. The largest absolute Gasteiger partial charge is 0.368 e. The van der Waals surface area contributed by atoms with Crippen molar-refractivity contribution in [2.45, 2.75) is 13.8 Å². The van der Waals surface area contributed by atoms with Gasteiger partial charge in [-0.1, -0.05) is 18.2 Å². The highest BCUT2D eigenvalue weighted by molar-refractivity contribution is 5.94. The van der Waals surface area contributed by atoms with E-state index in [1.54, 1.807) is 6.08 Å². The molecule has 4 amide bonds. The lowest BCUT2D eigenvalue weighted by Gasteiger charge is -2.36. The third-order valence-corrected chi connectivity index (χ3v) is 5.48. The van der Waals surface area contributed by atoms with E-state index < -0.39 is 0 Å². The Morgan fingerprint density at radius 3 is 2.30 bits per heavy atom. The van der Waals surface area contributed by atoms with E-state index in [1.807, 2.05) is 60.4 Å². The number of nitrogens with one attached hydrogen (secondary N) is 2. The van der Waals surface area contributed by atoms with Crippen molar-refractivity contribution in [1.82, 2.24) is 9.80 Å². The fraction of sp³-hybridized carbons (Fsp3) is 0.320. The standard InChI is InChI=1S/C25H31N5O3/c1-4-12-30(20(3)31)18-24(32)26-21-8-10-23(11-9-21)28-13-15-29(16-14-28)25(33)27-22-7-5-6-19(2)17-22/h4-11,17H,1,12-16,18H2,2-3H3,(H,26,32)(H,27,33). The van der Waals surface area contributed by atoms with E-state index in [-0.39, 0.29) is 24.4 Å². The van der Waals surface area contributed by atoms with Crippen LogP contribution < -0.4 is 15.5 Å². The van der Waals surface area contributed by atoms with E-state index in [4.69, 9.17) is 0 Å². The molecule has 2 aromatic carbocycles. The van der Waals surface area contributed by atoms with Crippen LogP contribution in [0.4, 0.5) is 21.9 Å². The van der Waals surface area contributed by atoms with Gasteiger partial charge in [0.15, 0.2) is 0 Å². The molecule has 1 fully saturated rings. The zero-order chi connectivity index (χ0) is 23.8. The summed E-state index contributed by atoms with van der Waals surface area (Å²) in [4.78, 5) is 41.8. The van der Waals surface area contributed by atoms with E-state index in [9.17, 15) is 14.4 Å². The third kappa shape index (κ3) is 6.83. The van der Waals surface area contributed by atoms with Crippen LogP contribution in [0.5, 0.6) is 0 Å². The number of hydrogen-bond acceptors (Lipinski definition) is 4. The molecule has 2 aromatic rings. The minimum absolute atomic E-state index is 0.0182. The van der Waals surface area contributed by atoms with Crippen molar-refractivity contribution in [2.75, 3.05) is 54.8 Å². The predicted octanol–water partition coefficient (Wildman–Crippen LogP) is 3.32. The van der Waals surface area contributed by atoms with Crippen LogP contribution in [0.25, 0.3) is 0 Å². The van der Waals surface area contributed by atoms with Gasteiger partial charge in [0.05, 0.1) is 0 Å². The molecule has 174 valence electrons. The first-order chi connectivity index (χ1) is 15.9. The van der Waals surface area contributed by atoms with Gasteiger partial charge in [-0.2, -0.15) is 0 Å². The molecule has 1 aliphatic heterocycles. The second-order valence-electron chi connectivity index (χ2n) is 8.06. The minimum atomic E-state index is -0.256. The van der Waals surface area contributed by atoms with Crippen molar-refractivity contribution in [3.05, 3.63) is 66.7 Å². The van der Waals surface area contributed by atoms with E-state index >= 15 is 0 Å². The first kappa shape index (κ1) is 23.8. The molecule has 2 N–H and O–H groups in total. The molecule has 3 rings (SSSR count). The predicted molar refractivity (Wildman–Crippen MR) is 132 cm³/mol. The minimum Gasteiger partial charge on any atom is -0.368 e. The first-order valence-electron chi connectivity index (χ1n) is 11.0. The molecule has 0 aliphatic carbocycles. The Kier molecular flexibility index (Phi) is 8.07. The maximum Gasteiger partial charge on any atom is 0.321 e. The van der Waals surface area contributed by atoms with Crippen molar-refractivity contribution >= 4 is 34.9 Å². The molecule has 1 heterocycles. The Hall–Kier alpha value is -3.81. The summed E-state index contributed by atoms with van der Waals surface area (Å²) in [5, 5.41) is 5.78. The van der Waals surface area contributed by atoms with Crippen LogP contribution in [0.1, 0.15) is 12.5 Å². The number of anilines is 3. The normalized spacial score (nSPS) is 13.3. The number of carbonyl (C=O) groups is 3. The summed E-state index contributed by atoms with van der Waals surface area (Å²) in [5.41, 5.74) is 3.60. The molecule has 33 heavy (non-hydrogen) atoms. The lowest BCUT2D eigenvalue weighted by atomic mass is 10.2. The van der Waals surface area contributed by atoms with E-state index in [0.717, 1.165) is 30.0 Å². The zero-order valence-electron chi connectivity index (χ0n) is 19.2. The number of nitrogens with zero attached hydrogens (tertiary/aromatic N) is 3. The van der Waals surface area contributed by atoms with Gasteiger partial charge in [-0.25, -0.2) is 4.79 Å². The Labute approximate surface area is 194 Å². The lowest BCUT2D eigenvalue weighted by Crippen LogP contribution is -2.50. The van der Waals surface area contributed by atoms with Crippen LogP contribution in [-0.4, -0.2) is 66.9 Å². The van der Waals surface area contributed by atoms with E-state index in [2.05, 4.69) is 22.1 Å². The van der Waals surface area contributed by atoms with Gasteiger partial charge in [0, 0.05) is 56.7 Å². The van der Waals surface area contributed by atoms with Crippen molar-refractivity contribution in [3.8, 4) is 0 Å². The fourth-order valence-electron chi connectivity index (χ4n) is 3.68. The van der Waals surface area contributed by atoms with Crippen molar-refractivity contribution < 1.29 is 14.4 Å². The van der Waals surface area contributed by atoms with Gasteiger partial charge >= 0.3 is 6.03 Å². The Balaban J connectivity index is 1.49. The highest BCUT2D eigenvalue weighted by Crippen LogP contribution is 2.20. The number of benzene rings is 2. The highest BCUT2D eigenvalue weighted by atomic mass is 16.2. The van der Waals surface area contributed by atoms with Crippen LogP contribution in [0.2, 0.25) is 0 Å². The average molecular weight is 450 g/mol. The fourth-order valence-corrected chi connectivity index (χ4v) is 3.68. The summed E-state index contributed by atoms with van der Waals surface area (Å²) in [5.74, 6) is -0.430. The smallest absolute Gasteiger partial charge is 0.321 e. The second-order valence-corrected chi connectivity index (χ2v) is 8.06. The molecule has 0 aromatic heterocycles. The molecule has 0 saturated carbocycles. The van der Waals surface area contributed by atoms with Crippen LogP contribution in [0.15, 0.2) is 61.2 Å². The summed E-state index contributed by atoms with van der Waals surface area (Å²) < 4.78 is 0.